The highest BCUT2D eigenvalue weighted by molar-refractivity contribution is 5.95. The first-order valence-electron chi connectivity index (χ1n) is 11.1. The number of carbonyl (C=O) groups excluding carboxylic acids is 1. The van der Waals surface area contributed by atoms with Crippen LogP contribution >= 0.6 is 0 Å². The van der Waals surface area contributed by atoms with Crippen molar-refractivity contribution in [1.82, 2.24) is 14.9 Å². The molecule has 3 atom stereocenters. The predicted octanol–water partition coefficient (Wildman–Crippen LogP) is 3.84. The van der Waals surface area contributed by atoms with Crippen LogP contribution in [0.5, 0.6) is 5.75 Å². The lowest BCUT2D eigenvalue weighted by Gasteiger charge is -2.35. The van der Waals surface area contributed by atoms with Crippen molar-refractivity contribution in [2.75, 3.05) is 25.0 Å². The zero-order valence-corrected chi connectivity index (χ0v) is 17.8. The SMILES string of the molecule is Cc1ccc(NC[C@@H]2C[C@H]3C[C@H]3CN2C(=O)c2nc(C)ccc2OCC2CC2)nc1. The zero-order valence-electron chi connectivity index (χ0n) is 17.8. The molecule has 0 radical (unpaired) electrons. The predicted molar refractivity (Wildman–Crippen MR) is 116 cm³/mol. The average molecular weight is 407 g/mol. The van der Waals surface area contributed by atoms with Crippen molar-refractivity contribution in [2.45, 2.75) is 45.6 Å². The Bertz CT molecular complexity index is 925. The number of hydrogen-bond donors (Lipinski definition) is 1. The van der Waals surface area contributed by atoms with Gasteiger partial charge in [0, 0.05) is 31.0 Å². The van der Waals surface area contributed by atoms with Crippen LogP contribution < -0.4 is 10.1 Å². The van der Waals surface area contributed by atoms with E-state index in [1.54, 1.807) is 0 Å². The highest BCUT2D eigenvalue weighted by atomic mass is 16.5. The van der Waals surface area contributed by atoms with Crippen molar-refractivity contribution >= 4 is 11.7 Å². The Balaban J connectivity index is 1.33. The van der Waals surface area contributed by atoms with E-state index in [9.17, 15) is 4.79 Å². The van der Waals surface area contributed by atoms with Crippen molar-refractivity contribution < 1.29 is 9.53 Å². The van der Waals surface area contributed by atoms with Crippen LogP contribution in [-0.2, 0) is 0 Å². The molecule has 6 nitrogen and oxygen atoms in total. The maximum absolute atomic E-state index is 13.6. The van der Waals surface area contributed by atoms with Crippen LogP contribution in [-0.4, -0.2) is 46.5 Å². The summed E-state index contributed by atoms with van der Waals surface area (Å²) >= 11 is 0. The van der Waals surface area contributed by atoms with E-state index in [0.717, 1.165) is 36.0 Å². The van der Waals surface area contributed by atoms with Gasteiger partial charge in [-0.1, -0.05) is 6.07 Å². The molecule has 1 N–H and O–H groups in total. The summed E-state index contributed by atoms with van der Waals surface area (Å²) in [5.74, 6) is 3.51. The highest BCUT2D eigenvalue weighted by Crippen LogP contribution is 2.47. The second kappa shape index (κ2) is 7.89. The van der Waals surface area contributed by atoms with E-state index >= 15 is 0 Å². The zero-order chi connectivity index (χ0) is 20.7. The summed E-state index contributed by atoms with van der Waals surface area (Å²) in [6.07, 6.45) is 6.58. The van der Waals surface area contributed by atoms with Crippen LogP contribution in [0.15, 0.2) is 30.5 Å². The molecule has 3 heterocycles. The highest BCUT2D eigenvalue weighted by Gasteiger charge is 2.47. The van der Waals surface area contributed by atoms with E-state index in [1.807, 2.05) is 43.1 Å². The fourth-order valence-electron chi connectivity index (χ4n) is 4.38. The van der Waals surface area contributed by atoms with Gasteiger partial charge in [-0.3, -0.25) is 4.79 Å². The third kappa shape index (κ3) is 4.27. The lowest BCUT2D eigenvalue weighted by molar-refractivity contribution is 0.0604. The minimum Gasteiger partial charge on any atom is -0.491 e. The Morgan fingerprint density at radius 2 is 2.03 bits per heavy atom. The van der Waals surface area contributed by atoms with Gasteiger partial charge in [-0.15, -0.1) is 0 Å². The summed E-state index contributed by atoms with van der Waals surface area (Å²) in [5, 5.41) is 3.43. The Hall–Kier alpha value is -2.63. The van der Waals surface area contributed by atoms with E-state index in [2.05, 4.69) is 21.4 Å². The fraction of sp³-hybridized carbons (Fsp3) is 0.542. The van der Waals surface area contributed by atoms with Gasteiger partial charge in [0.1, 0.15) is 5.82 Å². The molecule has 0 bridgehead atoms. The summed E-state index contributed by atoms with van der Waals surface area (Å²) in [7, 11) is 0. The summed E-state index contributed by atoms with van der Waals surface area (Å²) in [5.41, 5.74) is 2.45. The molecule has 2 aromatic heterocycles. The smallest absolute Gasteiger partial charge is 0.276 e. The van der Waals surface area contributed by atoms with Crippen LogP contribution in [0.4, 0.5) is 5.82 Å². The molecule has 0 spiro atoms. The number of nitrogens with one attached hydrogen (secondary N) is 1. The largest absolute Gasteiger partial charge is 0.491 e. The number of likely N-dealkylation sites (tertiary alicyclic amines) is 1. The summed E-state index contributed by atoms with van der Waals surface area (Å²) in [6.45, 7) is 6.16. The number of hydrogen-bond acceptors (Lipinski definition) is 5. The van der Waals surface area contributed by atoms with Gasteiger partial charge in [0.25, 0.3) is 5.91 Å². The van der Waals surface area contributed by atoms with Crippen molar-refractivity contribution in [3.05, 3.63) is 47.4 Å². The molecule has 2 aliphatic carbocycles. The maximum Gasteiger partial charge on any atom is 0.276 e. The van der Waals surface area contributed by atoms with Crippen LogP contribution in [0.25, 0.3) is 0 Å². The van der Waals surface area contributed by atoms with Crippen LogP contribution in [0.2, 0.25) is 0 Å². The number of aryl methyl sites for hydroxylation is 2. The van der Waals surface area contributed by atoms with Gasteiger partial charge in [0.15, 0.2) is 11.4 Å². The molecule has 5 rings (SSSR count). The van der Waals surface area contributed by atoms with Gasteiger partial charge >= 0.3 is 0 Å². The van der Waals surface area contributed by atoms with Crippen molar-refractivity contribution in [2.24, 2.45) is 17.8 Å². The fourth-order valence-corrected chi connectivity index (χ4v) is 4.38. The summed E-state index contributed by atoms with van der Waals surface area (Å²) in [4.78, 5) is 24.7. The molecule has 1 aliphatic heterocycles. The topological polar surface area (TPSA) is 67.4 Å². The first-order chi connectivity index (χ1) is 14.6. The van der Waals surface area contributed by atoms with Crippen LogP contribution in [0.3, 0.4) is 0 Å². The first-order valence-corrected chi connectivity index (χ1v) is 11.1. The number of aromatic nitrogens is 2. The van der Waals surface area contributed by atoms with Gasteiger partial charge in [0.05, 0.1) is 6.61 Å². The summed E-state index contributed by atoms with van der Waals surface area (Å²) < 4.78 is 6.01. The molecule has 3 fully saturated rings. The van der Waals surface area contributed by atoms with E-state index < -0.39 is 0 Å². The lowest BCUT2D eigenvalue weighted by Crippen LogP contribution is -2.48. The second-order valence-electron chi connectivity index (χ2n) is 9.26. The summed E-state index contributed by atoms with van der Waals surface area (Å²) in [6, 6.07) is 8.02. The lowest BCUT2D eigenvalue weighted by atomic mass is 10.0. The molecule has 2 aromatic rings. The number of ether oxygens (including phenoxy) is 1. The quantitative estimate of drug-likeness (QED) is 0.757. The Kier molecular flexibility index (Phi) is 5.09. The maximum atomic E-state index is 13.6. The molecule has 6 heteroatoms. The molecular formula is C24H30N4O2. The molecule has 1 saturated heterocycles. The van der Waals surface area contributed by atoms with Crippen molar-refractivity contribution in [3.63, 3.8) is 0 Å². The second-order valence-corrected chi connectivity index (χ2v) is 9.26. The molecule has 30 heavy (non-hydrogen) atoms. The molecule has 0 aromatic carbocycles. The number of nitrogens with zero attached hydrogens (tertiary/aromatic N) is 3. The van der Waals surface area contributed by atoms with E-state index in [-0.39, 0.29) is 11.9 Å². The number of rotatable bonds is 7. The average Bonchev–Trinajstić information content (AvgIpc) is 3.66. The van der Waals surface area contributed by atoms with Crippen LogP contribution in [0.1, 0.15) is 47.4 Å². The third-order valence-electron chi connectivity index (χ3n) is 6.58. The van der Waals surface area contributed by atoms with Crippen molar-refractivity contribution in [1.29, 1.82) is 0 Å². The Labute approximate surface area is 178 Å². The van der Waals surface area contributed by atoms with E-state index in [4.69, 9.17) is 4.74 Å². The molecule has 158 valence electrons. The monoisotopic (exact) mass is 406 g/mol. The number of anilines is 1. The number of pyridine rings is 2. The molecular weight excluding hydrogens is 376 g/mol. The first kappa shape index (κ1) is 19.3. The number of amides is 1. The number of piperidine rings is 1. The molecule has 2 saturated carbocycles. The van der Waals surface area contributed by atoms with Gasteiger partial charge < -0.3 is 15.0 Å². The van der Waals surface area contributed by atoms with Gasteiger partial charge in [-0.2, -0.15) is 0 Å². The minimum absolute atomic E-state index is 0.00138. The third-order valence-corrected chi connectivity index (χ3v) is 6.58. The molecule has 1 amide bonds. The van der Waals surface area contributed by atoms with Gasteiger partial charge in [-0.25, -0.2) is 9.97 Å². The van der Waals surface area contributed by atoms with Gasteiger partial charge in [-0.05, 0) is 81.0 Å². The Morgan fingerprint density at radius 3 is 2.80 bits per heavy atom. The minimum atomic E-state index is -0.00138. The molecule has 3 aliphatic rings. The normalized spacial score (nSPS) is 24.9. The van der Waals surface area contributed by atoms with Gasteiger partial charge in [0.2, 0.25) is 0 Å². The number of fused-ring (bicyclic) bond motifs is 1. The molecule has 0 unspecified atom stereocenters. The standard InChI is InChI=1S/C24H30N4O2/c1-15-3-8-22(25-11-15)26-12-20-10-18-9-19(18)13-28(20)24(29)23-21(7-4-16(2)27-23)30-14-17-5-6-17/h3-4,7-8,11,17-20H,5-6,9-10,12-14H2,1-2H3,(H,25,26)/t18-,19+,20+/m1/s1. The van der Waals surface area contributed by atoms with Crippen molar-refractivity contribution in [3.8, 4) is 5.75 Å². The van der Waals surface area contributed by atoms with Crippen LogP contribution in [0, 0.1) is 31.6 Å². The van der Waals surface area contributed by atoms with E-state index in [0.29, 0.717) is 36.4 Å². The number of carbonyl (C=O) groups is 1. The van der Waals surface area contributed by atoms with E-state index in [1.165, 1.54) is 19.3 Å². The Morgan fingerprint density at radius 1 is 1.17 bits per heavy atom.